The average Bonchev–Trinajstić information content (AvgIpc) is 1.78. The van der Waals surface area contributed by atoms with Gasteiger partial charge in [-0.2, -0.15) is 0 Å². The summed E-state index contributed by atoms with van der Waals surface area (Å²) in [6.07, 6.45) is 7.12. The Labute approximate surface area is 89.2 Å². The van der Waals surface area contributed by atoms with Crippen LogP contribution >= 0.6 is 0 Å². The maximum atomic E-state index is 5.97. The Balaban J connectivity index is 4.14. The quantitative estimate of drug-likeness (QED) is 0.624. The fourth-order valence-corrected chi connectivity index (χ4v) is 1.98. The Hall–Kier alpha value is -0.480. The van der Waals surface area contributed by atoms with Gasteiger partial charge in [-0.05, 0) is 47.0 Å². The minimum Gasteiger partial charge on any atom is -0.370 e. The number of rotatable bonds is 4. The van der Waals surface area contributed by atoms with E-state index < -0.39 is 0 Å². The molecule has 14 heavy (non-hydrogen) atoms. The summed E-state index contributed by atoms with van der Waals surface area (Å²) in [5.74, 6) is 3.22. The van der Waals surface area contributed by atoms with Crippen molar-refractivity contribution in [1.29, 1.82) is 0 Å². The third-order valence-corrected chi connectivity index (χ3v) is 1.89. The molecule has 1 nitrogen and oxygen atoms in total. The van der Waals surface area contributed by atoms with Crippen LogP contribution in [0.25, 0.3) is 0 Å². The highest BCUT2D eigenvalue weighted by molar-refractivity contribution is 4.88. The van der Waals surface area contributed by atoms with Crippen molar-refractivity contribution in [3.63, 3.8) is 0 Å². The zero-order valence-electron chi connectivity index (χ0n) is 10.5. The van der Waals surface area contributed by atoms with Crippen molar-refractivity contribution in [2.45, 2.75) is 65.6 Å². The second kappa shape index (κ2) is 4.84. The Morgan fingerprint density at radius 1 is 1.21 bits per heavy atom. The Kier molecular flexibility index (Phi) is 4.68. The number of hydrogen-bond acceptors (Lipinski definition) is 1. The van der Waals surface area contributed by atoms with E-state index in [4.69, 9.17) is 11.2 Å². The molecule has 0 radical (unpaired) electrons. The van der Waals surface area contributed by atoms with Gasteiger partial charge >= 0.3 is 0 Å². The van der Waals surface area contributed by atoms with Crippen LogP contribution in [0.2, 0.25) is 0 Å². The maximum absolute atomic E-state index is 5.97. The Morgan fingerprint density at radius 2 is 1.71 bits per heavy atom. The molecule has 0 heterocycles. The summed E-state index contributed by atoms with van der Waals surface area (Å²) >= 11 is 0. The average molecular weight is 196 g/mol. The molecule has 0 amide bonds. The lowest BCUT2D eigenvalue weighted by molar-refractivity contribution is -0.121. The molecule has 0 aromatic rings. The molecule has 0 aromatic carbocycles. The van der Waals surface area contributed by atoms with E-state index in [0.29, 0.717) is 5.92 Å². The molecule has 0 aliphatic carbocycles. The summed E-state index contributed by atoms with van der Waals surface area (Å²) in [6.45, 7) is 12.7. The van der Waals surface area contributed by atoms with E-state index in [1.807, 2.05) is 0 Å². The van der Waals surface area contributed by atoms with Crippen LogP contribution in [0.3, 0.4) is 0 Å². The van der Waals surface area contributed by atoms with Crippen molar-refractivity contribution in [2.24, 2.45) is 5.92 Å². The van der Waals surface area contributed by atoms with Crippen molar-refractivity contribution >= 4 is 0 Å². The van der Waals surface area contributed by atoms with Crippen LogP contribution in [0.4, 0.5) is 0 Å². The normalized spacial score (nSPS) is 14.9. The van der Waals surface area contributed by atoms with Crippen LogP contribution < -0.4 is 0 Å². The fourth-order valence-electron chi connectivity index (χ4n) is 1.98. The van der Waals surface area contributed by atoms with E-state index in [-0.39, 0.29) is 11.2 Å². The fraction of sp³-hybridized carbons (Fsp3) is 0.846. The molecule has 0 fully saturated rings. The minimum absolute atomic E-state index is 0.0840. The number of hydrogen-bond donors (Lipinski definition) is 0. The van der Waals surface area contributed by atoms with Crippen LogP contribution in [0.15, 0.2) is 0 Å². The van der Waals surface area contributed by atoms with Crippen molar-refractivity contribution in [3.8, 4) is 12.3 Å². The predicted octanol–water partition coefficient (Wildman–Crippen LogP) is 3.63. The minimum atomic E-state index is -0.0888. The smallest absolute Gasteiger partial charge is 0.0636 e. The van der Waals surface area contributed by atoms with Gasteiger partial charge in [-0.25, -0.2) is 0 Å². The third-order valence-electron chi connectivity index (χ3n) is 1.89. The van der Waals surface area contributed by atoms with E-state index in [0.717, 1.165) is 12.8 Å². The topological polar surface area (TPSA) is 9.23 Å². The summed E-state index contributed by atoms with van der Waals surface area (Å²) in [5, 5.41) is 0. The molecular weight excluding hydrogens is 172 g/mol. The van der Waals surface area contributed by atoms with Crippen molar-refractivity contribution < 1.29 is 4.74 Å². The zero-order valence-corrected chi connectivity index (χ0v) is 10.5. The van der Waals surface area contributed by atoms with Gasteiger partial charge in [0.15, 0.2) is 0 Å². The first-order valence-electron chi connectivity index (χ1n) is 5.30. The molecule has 0 rings (SSSR count). The van der Waals surface area contributed by atoms with Gasteiger partial charge in [0.2, 0.25) is 0 Å². The van der Waals surface area contributed by atoms with Crippen molar-refractivity contribution in [3.05, 3.63) is 0 Å². The first-order valence-corrected chi connectivity index (χ1v) is 5.30. The second-order valence-corrected chi connectivity index (χ2v) is 5.69. The van der Waals surface area contributed by atoms with E-state index in [2.05, 4.69) is 47.5 Å². The van der Waals surface area contributed by atoms with E-state index >= 15 is 0 Å². The molecule has 82 valence electrons. The molecule has 0 N–H and O–H groups in total. The van der Waals surface area contributed by atoms with E-state index in [1.54, 1.807) is 0 Å². The first kappa shape index (κ1) is 13.5. The van der Waals surface area contributed by atoms with Gasteiger partial charge in [0, 0.05) is 6.42 Å². The number of ether oxygens (including phenoxy) is 1. The molecule has 1 unspecified atom stereocenters. The highest BCUT2D eigenvalue weighted by atomic mass is 16.5. The van der Waals surface area contributed by atoms with Gasteiger partial charge in [-0.15, -0.1) is 12.3 Å². The molecule has 0 saturated heterocycles. The molecule has 0 spiro atoms. The largest absolute Gasteiger partial charge is 0.370 e. The predicted molar refractivity (Wildman–Crippen MR) is 62.1 cm³/mol. The highest BCUT2D eigenvalue weighted by Gasteiger charge is 2.27. The van der Waals surface area contributed by atoms with Crippen LogP contribution in [0.1, 0.15) is 54.4 Å². The lowest BCUT2D eigenvalue weighted by Crippen LogP contribution is -2.36. The van der Waals surface area contributed by atoms with Gasteiger partial charge in [-0.1, -0.05) is 6.92 Å². The molecule has 0 aliphatic rings. The lowest BCUT2D eigenvalue weighted by Gasteiger charge is -2.35. The van der Waals surface area contributed by atoms with Crippen molar-refractivity contribution in [1.82, 2.24) is 0 Å². The molecule has 1 atom stereocenters. The summed E-state index contributed by atoms with van der Waals surface area (Å²) < 4.78 is 5.97. The summed E-state index contributed by atoms with van der Waals surface area (Å²) in [7, 11) is 0. The second-order valence-electron chi connectivity index (χ2n) is 5.69. The number of terminal acetylenes is 1. The highest BCUT2D eigenvalue weighted by Crippen LogP contribution is 2.27. The monoisotopic (exact) mass is 196 g/mol. The summed E-state index contributed by atoms with van der Waals surface area (Å²) in [4.78, 5) is 0. The van der Waals surface area contributed by atoms with Gasteiger partial charge in [0.25, 0.3) is 0 Å². The zero-order chi connectivity index (χ0) is 11.4. The molecule has 0 aliphatic heterocycles. The van der Waals surface area contributed by atoms with Crippen LogP contribution in [0, 0.1) is 18.3 Å². The Morgan fingerprint density at radius 3 is 2.07 bits per heavy atom. The van der Waals surface area contributed by atoms with Gasteiger partial charge in [0.1, 0.15) is 0 Å². The van der Waals surface area contributed by atoms with Crippen molar-refractivity contribution in [2.75, 3.05) is 0 Å². The summed E-state index contributed by atoms with van der Waals surface area (Å²) in [5.41, 5.74) is -0.173. The molecule has 1 heteroatoms. The van der Waals surface area contributed by atoms with E-state index in [9.17, 15) is 0 Å². The lowest BCUT2D eigenvalue weighted by atomic mass is 9.92. The molecule has 0 saturated carbocycles. The molecule has 0 aromatic heterocycles. The SMILES string of the molecule is C#CCC(C)CC(C)(C)OC(C)(C)C. The van der Waals surface area contributed by atoms with Gasteiger partial charge in [-0.3, -0.25) is 0 Å². The van der Waals surface area contributed by atoms with Gasteiger partial charge in [0.05, 0.1) is 11.2 Å². The Bertz CT molecular complexity index is 202. The maximum Gasteiger partial charge on any atom is 0.0636 e. The standard InChI is InChI=1S/C13H24O/c1-8-9-11(2)10-13(6,7)14-12(3,4)5/h1,11H,9-10H2,2-7H3. The third kappa shape index (κ3) is 6.97. The summed E-state index contributed by atoms with van der Waals surface area (Å²) in [6, 6.07) is 0. The van der Waals surface area contributed by atoms with E-state index in [1.165, 1.54) is 0 Å². The first-order chi connectivity index (χ1) is 6.16. The van der Waals surface area contributed by atoms with Gasteiger partial charge < -0.3 is 4.74 Å². The van der Waals surface area contributed by atoms with Crippen LogP contribution in [-0.2, 0) is 4.74 Å². The molecular formula is C13H24O. The van der Waals surface area contributed by atoms with Crippen LogP contribution in [0.5, 0.6) is 0 Å². The molecule has 0 bridgehead atoms. The van der Waals surface area contributed by atoms with Crippen LogP contribution in [-0.4, -0.2) is 11.2 Å².